The zero-order chi connectivity index (χ0) is 50.8. The van der Waals surface area contributed by atoms with E-state index in [1.165, 1.54) is 5.56 Å². The van der Waals surface area contributed by atoms with Crippen molar-refractivity contribution >= 4 is 97.4 Å². The van der Waals surface area contributed by atoms with Crippen molar-refractivity contribution in [1.29, 1.82) is 0 Å². The Balaban J connectivity index is 0.729. The lowest BCUT2D eigenvalue weighted by Crippen LogP contribution is -2.59. The number of carbonyl (C=O) groups excluding carboxylic acids is 4. The molecule has 0 spiro atoms. The van der Waals surface area contributed by atoms with Gasteiger partial charge in [0, 0.05) is 110 Å². The van der Waals surface area contributed by atoms with E-state index in [1.54, 1.807) is 31.5 Å². The Kier molecular flexibility index (Phi) is 13.3. The summed E-state index contributed by atoms with van der Waals surface area (Å²) in [5, 5.41) is 10.8. The monoisotopic (exact) mass is 1060 g/mol. The highest BCUT2D eigenvalue weighted by molar-refractivity contribution is 9.10. The zero-order valence-corrected chi connectivity index (χ0v) is 44.5. The van der Waals surface area contributed by atoms with Gasteiger partial charge in [-0.25, -0.2) is 4.98 Å². The lowest BCUT2D eigenvalue weighted by molar-refractivity contribution is -0.139. The summed E-state index contributed by atoms with van der Waals surface area (Å²) < 4.78 is 20.3. The number of nitrogens with one attached hydrogen (secondary N) is 3. The molecule has 3 N–H and O–H groups in total. The topological polar surface area (TPSA) is 186 Å². The molecule has 0 saturated carbocycles. The van der Waals surface area contributed by atoms with E-state index in [-0.39, 0.29) is 30.1 Å². The van der Waals surface area contributed by atoms with Crippen molar-refractivity contribution in [2.75, 3.05) is 93.2 Å². The molecule has 4 amide bonds. The maximum Gasteiger partial charge on any atom is 0.255 e. The molecule has 5 aliphatic heterocycles. The second-order valence-electron chi connectivity index (χ2n) is 20.6. The van der Waals surface area contributed by atoms with Crippen LogP contribution in [-0.2, 0) is 30.9 Å². The van der Waals surface area contributed by atoms with Gasteiger partial charge in [-0.05, 0) is 129 Å². The Labute approximate surface area is 428 Å². The number of hydrogen-bond donors (Lipinski definition) is 3. The van der Waals surface area contributed by atoms with Gasteiger partial charge in [-0.2, -0.15) is 4.98 Å². The van der Waals surface area contributed by atoms with Gasteiger partial charge in [-0.1, -0.05) is 13.0 Å². The average molecular weight is 1060 g/mol. The van der Waals surface area contributed by atoms with E-state index >= 15 is 0 Å². The molecule has 17 nitrogen and oxygen atoms in total. The molecule has 19 heteroatoms. The summed E-state index contributed by atoms with van der Waals surface area (Å²) in [5.41, 5.74) is 7.15. The first-order valence-electron chi connectivity index (χ1n) is 25.0. The van der Waals surface area contributed by atoms with Crippen LogP contribution in [0.4, 0.5) is 34.5 Å². The minimum atomic E-state index is -2.74. The van der Waals surface area contributed by atoms with Gasteiger partial charge in [-0.3, -0.25) is 34.4 Å². The Hall–Kier alpha value is -6.10. The Morgan fingerprint density at radius 1 is 0.903 bits per heavy atom. The first kappa shape index (κ1) is 49.5. The number of benzene rings is 3. The molecule has 72 heavy (non-hydrogen) atoms. The number of piperazine rings is 1. The van der Waals surface area contributed by atoms with Crippen molar-refractivity contribution < 1.29 is 28.5 Å². The highest BCUT2D eigenvalue weighted by Crippen LogP contribution is 2.45. The number of carbonyl (C=O) groups is 4. The fourth-order valence-electron chi connectivity index (χ4n) is 11.5. The predicted molar refractivity (Wildman–Crippen MR) is 285 cm³/mol. The highest BCUT2D eigenvalue weighted by Gasteiger charge is 2.50. The highest BCUT2D eigenvalue weighted by atomic mass is 79.9. The molecule has 1 atom stereocenters. The third kappa shape index (κ3) is 9.30. The summed E-state index contributed by atoms with van der Waals surface area (Å²) in [4.78, 5) is 77.0. The summed E-state index contributed by atoms with van der Waals surface area (Å²) in [6.45, 7) is 17.7. The number of nitrogens with zero attached hydrogens (tertiary/aromatic N) is 8. The van der Waals surface area contributed by atoms with Crippen molar-refractivity contribution in [3.8, 4) is 5.75 Å². The number of aromatic nitrogens is 3. The molecule has 7 heterocycles. The number of imide groups is 1. The molecular formula is C53H63BrN11O6P. The molecule has 0 bridgehead atoms. The smallest absolute Gasteiger partial charge is 0.255 e. The van der Waals surface area contributed by atoms with Gasteiger partial charge in [0.15, 0.2) is 0 Å². The number of halogens is 1. The first-order chi connectivity index (χ1) is 34.4. The van der Waals surface area contributed by atoms with Crippen LogP contribution in [0.2, 0.25) is 0 Å². The third-order valence-corrected chi connectivity index (χ3v) is 17.5. The van der Waals surface area contributed by atoms with E-state index in [0.717, 1.165) is 90.0 Å². The SMILES string of the molecule is CCc1cc(Nc2ncc(Br)c(Nc3ccc4nc(C)ccc4c3P(C)(C)=O)n2)c(OC)cc1N1CCC(N2CCN(C(=O)C3CN(c4ccc5c(c4)C(C)(C)N(C4CCC(=O)NC4=O)C5=O)C3)CC2)CC1. The molecule has 0 aliphatic carbocycles. The zero-order valence-electron chi connectivity index (χ0n) is 42.1. The number of fused-ring (bicyclic) bond motifs is 2. The summed E-state index contributed by atoms with van der Waals surface area (Å²) in [5.74, 6) is 0.778. The minimum Gasteiger partial charge on any atom is -0.494 e. The van der Waals surface area contributed by atoms with Gasteiger partial charge in [0.2, 0.25) is 23.7 Å². The number of hydrogen-bond acceptors (Lipinski definition) is 14. The molecule has 5 aliphatic rings. The maximum absolute atomic E-state index is 13.8. The number of aryl methyl sites for hydroxylation is 2. The number of rotatable bonds is 12. The lowest BCUT2D eigenvalue weighted by atomic mass is 9.90. The van der Waals surface area contributed by atoms with Crippen LogP contribution in [0.3, 0.4) is 0 Å². The quantitative estimate of drug-likeness (QED) is 0.0846. The normalized spacial score (nSPS) is 19.9. The Morgan fingerprint density at radius 2 is 1.65 bits per heavy atom. The van der Waals surface area contributed by atoms with Crippen molar-refractivity contribution in [2.45, 2.75) is 77.4 Å². The average Bonchev–Trinajstić information content (AvgIpc) is 3.54. The van der Waals surface area contributed by atoms with Gasteiger partial charge in [-0.15, -0.1) is 0 Å². The second kappa shape index (κ2) is 19.4. The minimum absolute atomic E-state index is 0.0812. The fourth-order valence-corrected chi connectivity index (χ4v) is 13.2. The van der Waals surface area contributed by atoms with E-state index in [0.29, 0.717) is 71.9 Å². The van der Waals surface area contributed by atoms with Crippen LogP contribution >= 0.6 is 23.1 Å². The summed E-state index contributed by atoms with van der Waals surface area (Å²) in [7, 11) is -1.07. The van der Waals surface area contributed by atoms with Crippen LogP contribution in [0, 0.1) is 12.8 Å². The number of amides is 4. The molecule has 1 unspecified atom stereocenters. The van der Waals surface area contributed by atoms with Gasteiger partial charge < -0.3 is 39.5 Å². The molecule has 10 rings (SSSR count). The fraction of sp³-hybridized carbons (Fsp3) is 0.453. The van der Waals surface area contributed by atoms with Crippen LogP contribution in [0.25, 0.3) is 10.9 Å². The van der Waals surface area contributed by atoms with Crippen molar-refractivity contribution in [1.82, 2.24) is 35.0 Å². The number of methoxy groups -OCH3 is 1. The van der Waals surface area contributed by atoms with Crippen LogP contribution in [-0.4, -0.2) is 138 Å². The molecule has 0 radical (unpaired) electrons. The Morgan fingerprint density at radius 3 is 2.35 bits per heavy atom. The Bertz CT molecular complexity index is 3050. The van der Waals surface area contributed by atoms with Crippen molar-refractivity contribution in [3.63, 3.8) is 0 Å². The third-order valence-electron chi connectivity index (χ3n) is 15.3. The summed E-state index contributed by atoms with van der Waals surface area (Å²) >= 11 is 3.62. The molecular weight excluding hydrogens is 998 g/mol. The van der Waals surface area contributed by atoms with Gasteiger partial charge >= 0.3 is 0 Å². The van der Waals surface area contributed by atoms with Gasteiger partial charge in [0.1, 0.15) is 24.8 Å². The molecule has 4 fully saturated rings. The van der Waals surface area contributed by atoms with Crippen molar-refractivity contribution in [3.05, 3.63) is 87.7 Å². The standard InChI is InChI=1S/C53H63BrN11O6P/c1-8-32-25-42(58-52-55-28-39(54)48(60-52)57-41-14-13-40-37(11-9-31(2)56-40)47(41)72(6,7)70)45(71-5)27-44(32)62-19-17-34(18-20-62)61-21-23-63(24-22-61)50(68)33-29-64(30-33)35-10-12-36-38(26-35)53(3,4)65(51(36)69)43-15-16-46(66)59-49(43)67/h9-14,25-28,33-34,43H,8,15-24,29-30H2,1-7H3,(H,59,66,67)(H2,55,57,58,60). The van der Waals surface area contributed by atoms with E-state index in [2.05, 4.69) is 75.6 Å². The van der Waals surface area contributed by atoms with E-state index in [4.69, 9.17) is 9.72 Å². The number of anilines is 6. The molecule has 4 saturated heterocycles. The molecule has 5 aromatic rings. The predicted octanol–water partition coefficient (Wildman–Crippen LogP) is 7.15. The van der Waals surface area contributed by atoms with Crippen molar-refractivity contribution in [2.24, 2.45) is 5.92 Å². The first-order valence-corrected chi connectivity index (χ1v) is 28.4. The van der Waals surface area contributed by atoms with Crippen LogP contribution < -0.4 is 35.8 Å². The molecule has 3 aromatic carbocycles. The molecule has 378 valence electrons. The van der Waals surface area contributed by atoms with Crippen LogP contribution in [0.5, 0.6) is 5.75 Å². The van der Waals surface area contributed by atoms with Gasteiger partial charge in [0.25, 0.3) is 5.91 Å². The number of piperidine rings is 2. The lowest BCUT2D eigenvalue weighted by Gasteiger charge is -2.46. The van der Waals surface area contributed by atoms with Crippen LogP contribution in [0.1, 0.15) is 73.6 Å². The van der Waals surface area contributed by atoms with E-state index in [9.17, 15) is 23.7 Å². The summed E-state index contributed by atoms with van der Waals surface area (Å²) in [6.07, 6.45) is 5.07. The van der Waals surface area contributed by atoms with Crippen LogP contribution in [0.15, 0.2) is 65.3 Å². The largest absolute Gasteiger partial charge is 0.494 e. The second-order valence-corrected chi connectivity index (χ2v) is 24.6. The molecule has 2 aromatic heterocycles. The summed E-state index contributed by atoms with van der Waals surface area (Å²) in [6, 6.07) is 17.6. The number of pyridine rings is 1. The van der Waals surface area contributed by atoms with Gasteiger partial charge in [0.05, 0.1) is 39.9 Å². The maximum atomic E-state index is 13.8. The number of ether oxygens (including phenoxy) is 1. The van der Waals surface area contributed by atoms with E-state index < -0.39 is 24.6 Å². The van der Waals surface area contributed by atoms with E-state index in [1.807, 2.05) is 68.1 Å².